The first-order chi connectivity index (χ1) is 12.9. The third-order valence-corrected chi connectivity index (χ3v) is 6.39. The minimum absolute atomic E-state index is 0.447. The summed E-state index contributed by atoms with van der Waals surface area (Å²) in [5.41, 5.74) is 2.90. The maximum Gasteiger partial charge on any atom is 0.236 e. The Labute approximate surface area is 161 Å². The molecule has 1 aromatic heterocycles. The van der Waals surface area contributed by atoms with Gasteiger partial charge in [0.05, 0.1) is 0 Å². The number of nitrogens with zero attached hydrogens (tertiary/aromatic N) is 4. The number of rotatable bonds is 4. The molecule has 1 fully saturated rings. The van der Waals surface area contributed by atoms with Crippen LogP contribution in [0.1, 0.15) is 29.1 Å². The lowest BCUT2D eigenvalue weighted by molar-refractivity contribution is 0.440. The van der Waals surface area contributed by atoms with Crippen molar-refractivity contribution in [2.75, 3.05) is 31.1 Å². The predicted octanol–water partition coefficient (Wildman–Crippen LogP) is 2.91. The predicted molar refractivity (Wildman–Crippen MR) is 109 cm³/mol. The van der Waals surface area contributed by atoms with Crippen LogP contribution in [-0.4, -0.2) is 48.9 Å². The van der Waals surface area contributed by atoms with Gasteiger partial charge in [0, 0.05) is 42.8 Å². The van der Waals surface area contributed by atoms with Crippen LogP contribution < -0.4 is 4.90 Å². The molecule has 0 unspecified atom stereocenters. The van der Waals surface area contributed by atoms with E-state index in [9.17, 15) is 8.42 Å². The molecular formula is C20H26N4O2S. The number of anilines is 1. The molecule has 1 aromatic carbocycles. The Morgan fingerprint density at radius 1 is 0.963 bits per heavy atom. The van der Waals surface area contributed by atoms with Crippen LogP contribution in [0.3, 0.4) is 0 Å². The fourth-order valence-electron chi connectivity index (χ4n) is 3.23. The summed E-state index contributed by atoms with van der Waals surface area (Å²) in [7, 11) is -3.44. The van der Waals surface area contributed by atoms with Crippen LogP contribution >= 0.6 is 0 Å². The fourth-order valence-corrected chi connectivity index (χ4v) is 4.45. The molecule has 0 spiro atoms. The van der Waals surface area contributed by atoms with Crippen LogP contribution in [-0.2, 0) is 10.0 Å². The zero-order valence-corrected chi connectivity index (χ0v) is 16.9. The zero-order chi connectivity index (χ0) is 19.4. The second-order valence-electron chi connectivity index (χ2n) is 6.80. The van der Waals surface area contributed by atoms with E-state index in [2.05, 4.69) is 14.9 Å². The molecule has 0 atom stereocenters. The highest BCUT2D eigenvalue weighted by Crippen LogP contribution is 2.22. The number of hydrogen-bond acceptors (Lipinski definition) is 5. The lowest BCUT2D eigenvalue weighted by Gasteiger charge is -2.24. The molecule has 1 aliphatic rings. The van der Waals surface area contributed by atoms with Crippen molar-refractivity contribution >= 4 is 21.9 Å². The monoisotopic (exact) mass is 386 g/mol. The summed E-state index contributed by atoms with van der Waals surface area (Å²) in [6.07, 6.45) is 2.42. The Bertz CT molecular complexity index is 926. The van der Waals surface area contributed by atoms with Gasteiger partial charge in [-0.05, 0) is 38.8 Å². The van der Waals surface area contributed by atoms with E-state index < -0.39 is 10.0 Å². The molecule has 144 valence electrons. The third kappa shape index (κ3) is 4.73. The molecule has 7 heteroatoms. The van der Waals surface area contributed by atoms with Crippen molar-refractivity contribution in [1.82, 2.24) is 14.3 Å². The van der Waals surface area contributed by atoms with E-state index in [0.717, 1.165) is 41.4 Å². The highest BCUT2D eigenvalue weighted by Gasteiger charge is 2.24. The molecule has 0 aliphatic carbocycles. The van der Waals surface area contributed by atoms with Gasteiger partial charge >= 0.3 is 0 Å². The molecule has 0 N–H and O–H groups in total. The maximum absolute atomic E-state index is 12.7. The van der Waals surface area contributed by atoms with Crippen LogP contribution in [0.15, 0.2) is 35.7 Å². The number of aryl methyl sites for hydroxylation is 2. The van der Waals surface area contributed by atoms with Crippen LogP contribution in [0.4, 0.5) is 5.82 Å². The molecule has 2 heterocycles. The van der Waals surface area contributed by atoms with E-state index in [1.54, 1.807) is 10.4 Å². The van der Waals surface area contributed by atoms with E-state index >= 15 is 0 Å². The van der Waals surface area contributed by atoms with Crippen LogP contribution in [0.5, 0.6) is 0 Å². The average molecular weight is 387 g/mol. The van der Waals surface area contributed by atoms with E-state index in [-0.39, 0.29) is 0 Å². The summed E-state index contributed by atoms with van der Waals surface area (Å²) in [6, 6.07) is 9.47. The molecule has 0 saturated carbocycles. The van der Waals surface area contributed by atoms with Crippen LogP contribution in [0.2, 0.25) is 0 Å². The highest BCUT2D eigenvalue weighted by molar-refractivity contribution is 7.92. The van der Waals surface area contributed by atoms with Crippen molar-refractivity contribution in [2.24, 2.45) is 0 Å². The second-order valence-corrected chi connectivity index (χ2v) is 8.62. The van der Waals surface area contributed by atoms with E-state index in [1.165, 1.54) is 5.41 Å². The first-order valence-corrected chi connectivity index (χ1v) is 10.7. The van der Waals surface area contributed by atoms with Crippen molar-refractivity contribution in [3.05, 3.63) is 58.4 Å². The van der Waals surface area contributed by atoms with Crippen LogP contribution in [0, 0.1) is 20.8 Å². The first-order valence-electron chi connectivity index (χ1n) is 9.17. The SMILES string of the molecule is Cc1nc(C)c(C)c(N2CCCN(S(=O)(=O)/C=C/c3ccccc3)CC2)n1. The molecule has 3 rings (SSSR count). The Morgan fingerprint density at radius 2 is 1.70 bits per heavy atom. The molecule has 1 saturated heterocycles. The summed E-state index contributed by atoms with van der Waals surface area (Å²) >= 11 is 0. The Hall–Kier alpha value is -2.25. The highest BCUT2D eigenvalue weighted by atomic mass is 32.2. The third-order valence-electron chi connectivity index (χ3n) is 4.82. The molecular weight excluding hydrogens is 360 g/mol. The Morgan fingerprint density at radius 3 is 2.44 bits per heavy atom. The van der Waals surface area contributed by atoms with E-state index in [0.29, 0.717) is 19.6 Å². The summed E-state index contributed by atoms with van der Waals surface area (Å²) in [5, 5.41) is 1.31. The quantitative estimate of drug-likeness (QED) is 0.808. The summed E-state index contributed by atoms with van der Waals surface area (Å²) in [5.74, 6) is 1.66. The normalized spacial score (nSPS) is 16.6. The van der Waals surface area contributed by atoms with Gasteiger partial charge in [0.2, 0.25) is 10.0 Å². The Balaban J connectivity index is 1.74. The minimum Gasteiger partial charge on any atom is -0.355 e. The minimum atomic E-state index is -3.44. The number of aromatic nitrogens is 2. The smallest absolute Gasteiger partial charge is 0.236 e. The van der Waals surface area contributed by atoms with E-state index in [4.69, 9.17) is 0 Å². The van der Waals surface area contributed by atoms with Gasteiger partial charge in [0.15, 0.2) is 0 Å². The van der Waals surface area contributed by atoms with Crippen molar-refractivity contribution in [3.8, 4) is 0 Å². The molecule has 0 radical (unpaired) electrons. The largest absolute Gasteiger partial charge is 0.355 e. The maximum atomic E-state index is 12.7. The molecule has 6 nitrogen and oxygen atoms in total. The molecule has 2 aromatic rings. The zero-order valence-electron chi connectivity index (χ0n) is 16.1. The topological polar surface area (TPSA) is 66.4 Å². The lowest BCUT2D eigenvalue weighted by atomic mass is 10.2. The number of sulfonamides is 1. The standard InChI is InChI=1S/C20H26N4O2S/c1-16-17(2)21-18(3)22-20(16)23-11-7-12-24(14-13-23)27(25,26)15-10-19-8-5-4-6-9-19/h4-6,8-10,15H,7,11-14H2,1-3H3/b15-10+. The summed E-state index contributed by atoms with van der Waals surface area (Å²) in [6.45, 7) is 8.25. The fraction of sp³-hybridized carbons (Fsp3) is 0.400. The Kier molecular flexibility index (Phi) is 5.92. The molecule has 0 bridgehead atoms. The lowest BCUT2D eigenvalue weighted by Crippen LogP contribution is -2.34. The van der Waals surface area contributed by atoms with Crippen molar-refractivity contribution < 1.29 is 8.42 Å². The van der Waals surface area contributed by atoms with Gasteiger partial charge < -0.3 is 4.90 Å². The first kappa shape index (κ1) is 19.5. The summed E-state index contributed by atoms with van der Waals surface area (Å²) < 4.78 is 27.0. The van der Waals surface area contributed by atoms with Crippen LogP contribution in [0.25, 0.3) is 6.08 Å². The molecule has 1 aliphatic heterocycles. The van der Waals surface area contributed by atoms with Gasteiger partial charge in [-0.2, -0.15) is 4.31 Å². The van der Waals surface area contributed by atoms with Crippen molar-refractivity contribution in [3.63, 3.8) is 0 Å². The van der Waals surface area contributed by atoms with Gasteiger partial charge in [-0.3, -0.25) is 0 Å². The van der Waals surface area contributed by atoms with Crippen molar-refractivity contribution in [1.29, 1.82) is 0 Å². The summed E-state index contributed by atoms with van der Waals surface area (Å²) in [4.78, 5) is 11.2. The van der Waals surface area contributed by atoms with Gasteiger partial charge in [0.1, 0.15) is 11.6 Å². The number of benzene rings is 1. The number of hydrogen-bond donors (Lipinski definition) is 0. The van der Waals surface area contributed by atoms with Crippen molar-refractivity contribution in [2.45, 2.75) is 27.2 Å². The molecule has 27 heavy (non-hydrogen) atoms. The van der Waals surface area contributed by atoms with Gasteiger partial charge in [-0.25, -0.2) is 18.4 Å². The second kappa shape index (κ2) is 8.19. The van der Waals surface area contributed by atoms with E-state index in [1.807, 2.05) is 51.1 Å². The van der Waals surface area contributed by atoms with Gasteiger partial charge in [-0.1, -0.05) is 30.3 Å². The average Bonchev–Trinajstić information content (AvgIpc) is 2.91. The van der Waals surface area contributed by atoms with Gasteiger partial charge in [0.25, 0.3) is 0 Å². The molecule has 0 amide bonds. The van der Waals surface area contributed by atoms with Gasteiger partial charge in [-0.15, -0.1) is 0 Å².